The summed E-state index contributed by atoms with van der Waals surface area (Å²) in [6.07, 6.45) is 7.05. The molecule has 96 valence electrons. The fraction of sp³-hybridized carbons (Fsp3) is 0.538. The standard InChI is InChI=1S/C13H18N4O/c18-13(15-10-3-6-14-7-4-10)16-11-5-8-17(9-11)12-1-2-12/h3-4,6-7,11-12H,1-2,5,8-9H2,(H2,14,15,16,18)/t11-/m1/s1. The summed E-state index contributed by atoms with van der Waals surface area (Å²) in [5, 5.41) is 5.85. The first-order valence-corrected chi connectivity index (χ1v) is 6.53. The molecule has 2 amide bonds. The first-order chi connectivity index (χ1) is 8.81. The van der Waals surface area contributed by atoms with E-state index in [1.54, 1.807) is 24.5 Å². The van der Waals surface area contributed by atoms with Gasteiger partial charge in [-0.1, -0.05) is 0 Å². The lowest BCUT2D eigenvalue weighted by atomic mass is 10.3. The van der Waals surface area contributed by atoms with Gasteiger partial charge in [0.15, 0.2) is 0 Å². The Morgan fingerprint density at radius 1 is 1.28 bits per heavy atom. The van der Waals surface area contributed by atoms with E-state index in [4.69, 9.17) is 0 Å². The molecular weight excluding hydrogens is 228 g/mol. The summed E-state index contributed by atoms with van der Waals surface area (Å²) in [6, 6.07) is 4.52. The van der Waals surface area contributed by atoms with Gasteiger partial charge in [-0.25, -0.2) is 4.79 Å². The fourth-order valence-electron chi connectivity index (χ4n) is 2.46. The molecule has 1 atom stereocenters. The number of carbonyl (C=O) groups excluding carboxylic acids is 1. The minimum atomic E-state index is -0.121. The van der Waals surface area contributed by atoms with Gasteiger partial charge in [0.05, 0.1) is 0 Å². The Bertz CT molecular complexity index is 418. The van der Waals surface area contributed by atoms with E-state index in [2.05, 4.69) is 20.5 Å². The number of hydrogen-bond acceptors (Lipinski definition) is 3. The largest absolute Gasteiger partial charge is 0.334 e. The molecule has 2 aliphatic rings. The van der Waals surface area contributed by atoms with Crippen molar-refractivity contribution >= 4 is 11.7 Å². The van der Waals surface area contributed by atoms with Gasteiger partial charge >= 0.3 is 6.03 Å². The molecule has 5 nitrogen and oxygen atoms in total. The smallest absolute Gasteiger partial charge is 0.319 e. The predicted octanol–water partition coefficient (Wildman–Crippen LogP) is 1.44. The maximum absolute atomic E-state index is 11.8. The van der Waals surface area contributed by atoms with Crippen LogP contribution in [0.5, 0.6) is 0 Å². The van der Waals surface area contributed by atoms with Crippen LogP contribution in [0.25, 0.3) is 0 Å². The van der Waals surface area contributed by atoms with Gasteiger partial charge in [-0.05, 0) is 31.4 Å². The fourth-order valence-corrected chi connectivity index (χ4v) is 2.46. The molecule has 0 radical (unpaired) electrons. The van der Waals surface area contributed by atoms with Crippen LogP contribution in [0.4, 0.5) is 10.5 Å². The van der Waals surface area contributed by atoms with Gasteiger partial charge in [0.1, 0.15) is 0 Å². The van der Waals surface area contributed by atoms with Crippen molar-refractivity contribution < 1.29 is 4.79 Å². The first-order valence-electron chi connectivity index (χ1n) is 6.53. The van der Waals surface area contributed by atoms with E-state index >= 15 is 0 Å². The van der Waals surface area contributed by atoms with Crippen molar-refractivity contribution in [2.45, 2.75) is 31.3 Å². The van der Waals surface area contributed by atoms with Crippen LogP contribution in [-0.2, 0) is 0 Å². The lowest BCUT2D eigenvalue weighted by Crippen LogP contribution is -2.40. The second kappa shape index (κ2) is 4.94. The van der Waals surface area contributed by atoms with E-state index in [0.717, 1.165) is 31.2 Å². The number of rotatable bonds is 3. The first kappa shape index (κ1) is 11.5. The van der Waals surface area contributed by atoms with Crippen LogP contribution in [-0.4, -0.2) is 41.1 Å². The molecular formula is C13H18N4O. The number of urea groups is 1. The quantitative estimate of drug-likeness (QED) is 0.848. The third-order valence-corrected chi connectivity index (χ3v) is 3.56. The molecule has 0 spiro atoms. The Morgan fingerprint density at radius 3 is 2.78 bits per heavy atom. The number of aromatic nitrogens is 1. The molecule has 2 fully saturated rings. The zero-order valence-corrected chi connectivity index (χ0v) is 10.3. The van der Waals surface area contributed by atoms with Crippen molar-refractivity contribution in [3.63, 3.8) is 0 Å². The molecule has 1 aromatic rings. The third kappa shape index (κ3) is 2.79. The Labute approximate surface area is 107 Å². The molecule has 1 aliphatic carbocycles. The number of carbonyl (C=O) groups is 1. The van der Waals surface area contributed by atoms with Crippen molar-refractivity contribution in [2.24, 2.45) is 0 Å². The number of anilines is 1. The monoisotopic (exact) mass is 246 g/mol. The third-order valence-electron chi connectivity index (χ3n) is 3.56. The van der Waals surface area contributed by atoms with Crippen molar-refractivity contribution in [1.82, 2.24) is 15.2 Å². The number of amides is 2. The second-order valence-corrected chi connectivity index (χ2v) is 5.05. The van der Waals surface area contributed by atoms with Gasteiger partial charge < -0.3 is 10.6 Å². The van der Waals surface area contributed by atoms with Crippen LogP contribution in [0.2, 0.25) is 0 Å². The summed E-state index contributed by atoms with van der Waals surface area (Å²) in [5.41, 5.74) is 0.777. The van der Waals surface area contributed by atoms with Gasteiger partial charge in [-0.2, -0.15) is 0 Å². The summed E-state index contributed by atoms with van der Waals surface area (Å²) in [6.45, 7) is 2.11. The van der Waals surface area contributed by atoms with E-state index in [1.807, 2.05) is 0 Å². The topological polar surface area (TPSA) is 57.3 Å². The minimum absolute atomic E-state index is 0.121. The SMILES string of the molecule is O=C(Nc1ccncc1)N[C@@H]1CCN(C2CC2)C1. The molecule has 18 heavy (non-hydrogen) atoms. The number of nitrogens with one attached hydrogen (secondary N) is 2. The number of pyridine rings is 1. The van der Waals surface area contributed by atoms with Gasteiger partial charge in [0, 0.05) is 43.3 Å². The van der Waals surface area contributed by atoms with Crippen molar-refractivity contribution in [3.8, 4) is 0 Å². The van der Waals surface area contributed by atoms with Crippen LogP contribution in [0, 0.1) is 0 Å². The average molecular weight is 246 g/mol. The Balaban J connectivity index is 1.46. The van der Waals surface area contributed by atoms with E-state index in [-0.39, 0.29) is 12.1 Å². The molecule has 0 bridgehead atoms. The number of nitrogens with zero attached hydrogens (tertiary/aromatic N) is 2. The van der Waals surface area contributed by atoms with Crippen LogP contribution in [0.3, 0.4) is 0 Å². The van der Waals surface area contributed by atoms with Crippen LogP contribution in [0.15, 0.2) is 24.5 Å². The lowest BCUT2D eigenvalue weighted by molar-refractivity contribution is 0.247. The van der Waals surface area contributed by atoms with Crippen molar-refractivity contribution in [1.29, 1.82) is 0 Å². The highest BCUT2D eigenvalue weighted by Crippen LogP contribution is 2.29. The van der Waals surface area contributed by atoms with Gasteiger partial charge in [0.2, 0.25) is 0 Å². The highest BCUT2D eigenvalue weighted by molar-refractivity contribution is 5.89. The van der Waals surface area contributed by atoms with Gasteiger partial charge in [-0.15, -0.1) is 0 Å². The van der Waals surface area contributed by atoms with Crippen LogP contribution in [0.1, 0.15) is 19.3 Å². The molecule has 1 aromatic heterocycles. The normalized spacial score (nSPS) is 23.9. The molecule has 1 saturated carbocycles. The molecule has 1 aliphatic heterocycles. The summed E-state index contributed by atoms with van der Waals surface area (Å²) < 4.78 is 0. The Hall–Kier alpha value is -1.62. The van der Waals surface area contributed by atoms with Crippen molar-refractivity contribution in [3.05, 3.63) is 24.5 Å². The lowest BCUT2D eigenvalue weighted by Gasteiger charge is -2.16. The van der Waals surface area contributed by atoms with Crippen LogP contribution >= 0.6 is 0 Å². The Morgan fingerprint density at radius 2 is 2.06 bits per heavy atom. The van der Waals surface area contributed by atoms with E-state index in [0.29, 0.717) is 0 Å². The van der Waals surface area contributed by atoms with E-state index < -0.39 is 0 Å². The molecule has 2 heterocycles. The van der Waals surface area contributed by atoms with E-state index in [1.165, 1.54) is 12.8 Å². The summed E-state index contributed by atoms with van der Waals surface area (Å²) >= 11 is 0. The molecule has 3 rings (SSSR count). The summed E-state index contributed by atoms with van der Waals surface area (Å²) in [7, 11) is 0. The van der Waals surface area contributed by atoms with E-state index in [9.17, 15) is 4.79 Å². The maximum atomic E-state index is 11.8. The van der Waals surface area contributed by atoms with Gasteiger partial charge in [-0.3, -0.25) is 9.88 Å². The zero-order valence-electron chi connectivity index (χ0n) is 10.3. The summed E-state index contributed by atoms with van der Waals surface area (Å²) in [5.74, 6) is 0. The Kier molecular flexibility index (Phi) is 3.15. The van der Waals surface area contributed by atoms with Crippen LogP contribution < -0.4 is 10.6 Å². The highest BCUT2D eigenvalue weighted by atomic mass is 16.2. The zero-order chi connectivity index (χ0) is 12.4. The van der Waals surface area contributed by atoms with Gasteiger partial charge in [0.25, 0.3) is 0 Å². The summed E-state index contributed by atoms with van der Waals surface area (Å²) in [4.78, 5) is 18.2. The highest BCUT2D eigenvalue weighted by Gasteiger charge is 2.34. The molecule has 0 unspecified atom stereocenters. The maximum Gasteiger partial charge on any atom is 0.319 e. The molecule has 5 heteroatoms. The molecule has 2 N–H and O–H groups in total. The minimum Gasteiger partial charge on any atom is -0.334 e. The molecule has 0 aromatic carbocycles. The molecule has 1 saturated heterocycles. The average Bonchev–Trinajstić information content (AvgIpc) is 3.12. The second-order valence-electron chi connectivity index (χ2n) is 5.05. The van der Waals surface area contributed by atoms with Crippen molar-refractivity contribution in [2.75, 3.05) is 18.4 Å². The predicted molar refractivity (Wildman–Crippen MR) is 69.4 cm³/mol. The number of hydrogen-bond donors (Lipinski definition) is 2. The number of likely N-dealkylation sites (tertiary alicyclic amines) is 1.